The van der Waals surface area contributed by atoms with Gasteiger partial charge in [0.25, 0.3) is 0 Å². The van der Waals surface area contributed by atoms with Gasteiger partial charge in [-0.2, -0.15) is 0 Å². The molecule has 1 aliphatic heterocycles. The predicted molar refractivity (Wildman–Crippen MR) is 80.5 cm³/mol. The molecule has 2 rings (SSSR count). The number of rotatable bonds is 5. The smallest absolute Gasteiger partial charge is 0.0575 e. The van der Waals surface area contributed by atoms with E-state index in [0.717, 1.165) is 13.0 Å². The van der Waals surface area contributed by atoms with Crippen LogP contribution in [0, 0.1) is 13.8 Å². The van der Waals surface area contributed by atoms with Gasteiger partial charge in [0, 0.05) is 12.6 Å². The van der Waals surface area contributed by atoms with E-state index in [1.807, 2.05) is 0 Å². The topological polar surface area (TPSA) is 21.3 Å². The van der Waals surface area contributed by atoms with Gasteiger partial charge in [0.15, 0.2) is 0 Å². The lowest BCUT2D eigenvalue weighted by molar-refractivity contribution is 0.00865. The molecule has 0 spiro atoms. The Morgan fingerprint density at radius 3 is 2.84 bits per heavy atom. The largest absolute Gasteiger partial charge is 0.378 e. The van der Waals surface area contributed by atoms with Gasteiger partial charge in [0.05, 0.1) is 6.10 Å². The van der Waals surface area contributed by atoms with Gasteiger partial charge >= 0.3 is 0 Å². The highest BCUT2D eigenvalue weighted by Crippen LogP contribution is 2.26. The minimum absolute atomic E-state index is 0.449. The zero-order chi connectivity index (χ0) is 13.7. The fraction of sp³-hybridized carbons (Fsp3) is 0.647. The van der Waals surface area contributed by atoms with Crippen molar-refractivity contribution in [2.24, 2.45) is 0 Å². The number of nitrogens with one attached hydrogen (secondary N) is 1. The van der Waals surface area contributed by atoms with Crippen molar-refractivity contribution in [3.8, 4) is 0 Å². The average molecular weight is 261 g/mol. The monoisotopic (exact) mass is 261 g/mol. The Balaban J connectivity index is 1.97. The summed E-state index contributed by atoms with van der Waals surface area (Å²) < 4.78 is 5.83. The maximum Gasteiger partial charge on any atom is 0.0575 e. The summed E-state index contributed by atoms with van der Waals surface area (Å²) in [5.74, 6) is 0. The molecule has 0 amide bonds. The van der Waals surface area contributed by atoms with Gasteiger partial charge in [-0.1, -0.05) is 18.2 Å². The zero-order valence-electron chi connectivity index (χ0n) is 12.5. The lowest BCUT2D eigenvalue weighted by atomic mass is 9.93. The standard InChI is InChI=1S/C17H27NO/c1-13-7-6-9-16(14(13)2)17(18-3)11-10-15-8-4-5-12-19-15/h6-7,9,15,17-18H,4-5,8,10-12H2,1-3H3. The highest BCUT2D eigenvalue weighted by Gasteiger charge is 2.18. The van der Waals surface area contributed by atoms with Crippen molar-refractivity contribution in [1.29, 1.82) is 0 Å². The van der Waals surface area contributed by atoms with Crippen molar-refractivity contribution >= 4 is 0 Å². The predicted octanol–water partition coefficient (Wildman–Crippen LogP) is 3.91. The van der Waals surface area contributed by atoms with Crippen molar-refractivity contribution in [1.82, 2.24) is 5.32 Å². The van der Waals surface area contributed by atoms with Crippen LogP contribution >= 0.6 is 0 Å². The summed E-state index contributed by atoms with van der Waals surface area (Å²) in [6.07, 6.45) is 6.62. The SMILES string of the molecule is CNC(CCC1CCCCO1)c1cccc(C)c1C. The van der Waals surface area contributed by atoms with Crippen molar-refractivity contribution in [3.63, 3.8) is 0 Å². The molecule has 1 N–H and O–H groups in total. The van der Waals surface area contributed by atoms with E-state index in [9.17, 15) is 0 Å². The molecule has 1 fully saturated rings. The Bertz CT molecular complexity index is 396. The van der Waals surface area contributed by atoms with Gasteiger partial charge in [-0.25, -0.2) is 0 Å². The summed E-state index contributed by atoms with van der Waals surface area (Å²) in [5, 5.41) is 3.47. The van der Waals surface area contributed by atoms with Crippen LogP contribution in [0.3, 0.4) is 0 Å². The molecule has 1 heterocycles. The normalized spacial score (nSPS) is 21.3. The van der Waals surface area contributed by atoms with Crippen LogP contribution in [-0.2, 0) is 4.74 Å². The van der Waals surface area contributed by atoms with Crippen LogP contribution in [-0.4, -0.2) is 19.8 Å². The molecule has 2 atom stereocenters. The molecule has 0 bridgehead atoms. The Hall–Kier alpha value is -0.860. The second kappa shape index (κ2) is 7.06. The fourth-order valence-electron chi connectivity index (χ4n) is 2.99. The molecule has 2 nitrogen and oxygen atoms in total. The first-order valence-electron chi connectivity index (χ1n) is 7.57. The molecule has 2 unspecified atom stereocenters. The van der Waals surface area contributed by atoms with E-state index in [1.54, 1.807) is 0 Å². The highest BCUT2D eigenvalue weighted by molar-refractivity contribution is 5.35. The van der Waals surface area contributed by atoms with Crippen molar-refractivity contribution in [2.45, 2.75) is 58.1 Å². The van der Waals surface area contributed by atoms with Crippen LogP contribution in [0.25, 0.3) is 0 Å². The number of hydrogen-bond acceptors (Lipinski definition) is 2. The molecular weight excluding hydrogens is 234 g/mol. The molecule has 1 aromatic carbocycles. The third kappa shape index (κ3) is 3.80. The van der Waals surface area contributed by atoms with E-state index in [0.29, 0.717) is 12.1 Å². The number of hydrogen-bond donors (Lipinski definition) is 1. The van der Waals surface area contributed by atoms with Crippen LogP contribution < -0.4 is 5.32 Å². The Labute approximate surface area is 117 Å². The number of ether oxygens (including phenoxy) is 1. The maximum atomic E-state index is 5.83. The third-order valence-electron chi connectivity index (χ3n) is 4.42. The second-order valence-corrected chi connectivity index (χ2v) is 5.70. The molecule has 106 valence electrons. The summed E-state index contributed by atoms with van der Waals surface area (Å²) in [5.41, 5.74) is 4.25. The first kappa shape index (κ1) is 14.5. The molecule has 1 aromatic rings. The first-order chi connectivity index (χ1) is 9.22. The van der Waals surface area contributed by atoms with Crippen molar-refractivity contribution in [2.75, 3.05) is 13.7 Å². The van der Waals surface area contributed by atoms with E-state index in [2.05, 4.69) is 44.4 Å². The Morgan fingerprint density at radius 1 is 1.32 bits per heavy atom. The molecule has 0 aliphatic carbocycles. The summed E-state index contributed by atoms with van der Waals surface area (Å²) in [4.78, 5) is 0. The van der Waals surface area contributed by atoms with Crippen LogP contribution in [0.5, 0.6) is 0 Å². The van der Waals surface area contributed by atoms with Gasteiger partial charge < -0.3 is 10.1 Å². The molecule has 0 saturated carbocycles. The van der Waals surface area contributed by atoms with Crippen LogP contribution in [0.15, 0.2) is 18.2 Å². The molecular formula is C17H27NO. The van der Waals surface area contributed by atoms with Gasteiger partial charge in [-0.15, -0.1) is 0 Å². The molecule has 0 aromatic heterocycles. The number of benzene rings is 1. The van der Waals surface area contributed by atoms with Crippen LogP contribution in [0.1, 0.15) is 54.8 Å². The first-order valence-corrected chi connectivity index (χ1v) is 7.57. The maximum absolute atomic E-state index is 5.83. The van der Waals surface area contributed by atoms with Crippen LogP contribution in [0.2, 0.25) is 0 Å². The van der Waals surface area contributed by atoms with Crippen molar-refractivity contribution < 1.29 is 4.74 Å². The third-order valence-corrected chi connectivity index (χ3v) is 4.42. The van der Waals surface area contributed by atoms with Gasteiger partial charge in [-0.3, -0.25) is 0 Å². The van der Waals surface area contributed by atoms with E-state index in [4.69, 9.17) is 4.74 Å². The van der Waals surface area contributed by atoms with Gasteiger partial charge in [-0.05, 0) is 69.7 Å². The molecule has 1 saturated heterocycles. The summed E-state index contributed by atoms with van der Waals surface area (Å²) in [6.45, 7) is 5.38. The zero-order valence-corrected chi connectivity index (χ0v) is 12.5. The van der Waals surface area contributed by atoms with Gasteiger partial charge in [0.2, 0.25) is 0 Å². The minimum Gasteiger partial charge on any atom is -0.378 e. The highest BCUT2D eigenvalue weighted by atomic mass is 16.5. The summed E-state index contributed by atoms with van der Waals surface area (Å²) in [6, 6.07) is 7.06. The summed E-state index contributed by atoms with van der Waals surface area (Å²) >= 11 is 0. The fourth-order valence-corrected chi connectivity index (χ4v) is 2.99. The Kier molecular flexibility index (Phi) is 5.41. The van der Waals surface area contributed by atoms with Crippen LogP contribution in [0.4, 0.5) is 0 Å². The van der Waals surface area contributed by atoms with E-state index < -0.39 is 0 Å². The van der Waals surface area contributed by atoms with Gasteiger partial charge in [0.1, 0.15) is 0 Å². The van der Waals surface area contributed by atoms with Crippen molar-refractivity contribution in [3.05, 3.63) is 34.9 Å². The molecule has 19 heavy (non-hydrogen) atoms. The average Bonchev–Trinajstić information content (AvgIpc) is 2.45. The molecule has 2 heteroatoms. The summed E-state index contributed by atoms with van der Waals surface area (Å²) in [7, 11) is 2.06. The lowest BCUT2D eigenvalue weighted by Gasteiger charge is -2.26. The molecule has 0 radical (unpaired) electrons. The van der Waals surface area contributed by atoms with E-state index >= 15 is 0 Å². The second-order valence-electron chi connectivity index (χ2n) is 5.70. The van der Waals surface area contributed by atoms with E-state index in [1.165, 1.54) is 42.4 Å². The molecule has 1 aliphatic rings. The number of aryl methyl sites for hydroxylation is 1. The lowest BCUT2D eigenvalue weighted by Crippen LogP contribution is -2.23. The van der Waals surface area contributed by atoms with E-state index in [-0.39, 0.29) is 0 Å². The Morgan fingerprint density at radius 2 is 2.16 bits per heavy atom. The quantitative estimate of drug-likeness (QED) is 0.867. The minimum atomic E-state index is 0.449.